The first-order valence-electron chi connectivity index (χ1n) is 10.0. The summed E-state index contributed by atoms with van der Waals surface area (Å²) in [5, 5.41) is 9.34. The van der Waals surface area contributed by atoms with Crippen LogP contribution in [0.3, 0.4) is 0 Å². The number of carbonyl (C=O) groups is 1. The van der Waals surface area contributed by atoms with Gasteiger partial charge in [0.25, 0.3) is 12.3 Å². The van der Waals surface area contributed by atoms with Crippen molar-refractivity contribution in [1.29, 1.82) is 0 Å². The van der Waals surface area contributed by atoms with Crippen molar-refractivity contribution < 1.29 is 27.1 Å². The second kappa shape index (κ2) is 8.98. The molecule has 4 rings (SSSR count). The molecule has 178 valence electrons. The van der Waals surface area contributed by atoms with Gasteiger partial charge in [-0.1, -0.05) is 0 Å². The predicted octanol–water partition coefficient (Wildman–Crippen LogP) is 6.37. The molecular weight excluding hydrogens is 478 g/mol. The SMILES string of the molecule is CC(C)n1c(C(F)F)nc2cc(C(=O)Nc3ccc(OC(F)(F)Cl)cc3)cc(-c3ccn[nH]3)c21. The maximum atomic E-state index is 13.7. The fourth-order valence-electron chi connectivity index (χ4n) is 3.61. The average molecular weight is 496 g/mol. The zero-order valence-corrected chi connectivity index (χ0v) is 18.6. The van der Waals surface area contributed by atoms with Gasteiger partial charge in [0, 0.05) is 40.7 Å². The monoisotopic (exact) mass is 495 g/mol. The number of carbonyl (C=O) groups excluding carboxylic acids is 1. The van der Waals surface area contributed by atoms with Crippen molar-refractivity contribution in [2.24, 2.45) is 0 Å². The highest BCUT2D eigenvalue weighted by Crippen LogP contribution is 2.35. The van der Waals surface area contributed by atoms with Crippen molar-refractivity contribution in [2.75, 3.05) is 5.32 Å². The number of imidazole rings is 1. The van der Waals surface area contributed by atoms with Crippen molar-refractivity contribution in [3.63, 3.8) is 0 Å². The molecule has 0 saturated carbocycles. The molecule has 0 fully saturated rings. The molecular formula is C22H18ClF4N5O2. The van der Waals surface area contributed by atoms with Crippen molar-refractivity contribution in [2.45, 2.75) is 31.9 Å². The number of amides is 1. The topological polar surface area (TPSA) is 84.8 Å². The second-order valence-corrected chi connectivity index (χ2v) is 8.06. The molecule has 12 heteroatoms. The van der Waals surface area contributed by atoms with Crippen molar-refractivity contribution in [3.8, 4) is 17.0 Å². The molecule has 7 nitrogen and oxygen atoms in total. The van der Waals surface area contributed by atoms with Crippen LogP contribution < -0.4 is 10.1 Å². The number of fused-ring (bicyclic) bond motifs is 1. The fourth-order valence-corrected chi connectivity index (χ4v) is 3.70. The van der Waals surface area contributed by atoms with E-state index in [2.05, 4.69) is 25.2 Å². The summed E-state index contributed by atoms with van der Waals surface area (Å²) in [7, 11) is 0. The third-order valence-corrected chi connectivity index (χ3v) is 5.00. The van der Waals surface area contributed by atoms with Gasteiger partial charge in [-0.25, -0.2) is 13.8 Å². The first kappa shape index (κ1) is 23.6. The number of halogens is 5. The lowest BCUT2D eigenvalue weighted by molar-refractivity contribution is -0.0964. The quantitative estimate of drug-likeness (QED) is 0.230. The van der Waals surface area contributed by atoms with Gasteiger partial charge in [0.2, 0.25) is 0 Å². The third-order valence-electron chi connectivity index (χ3n) is 4.92. The lowest BCUT2D eigenvalue weighted by Gasteiger charge is -2.15. The van der Waals surface area contributed by atoms with Crippen LogP contribution in [0.1, 0.15) is 42.5 Å². The summed E-state index contributed by atoms with van der Waals surface area (Å²) in [5.41, 5.74) is -1.77. The standard InChI is InChI=1S/C22H18ClF4N5O2/c1-11(2)32-18-15(16-7-8-28-31-16)9-12(10-17(18)30-20(32)19(24)25)21(33)29-13-3-5-14(6-4-13)34-22(23,26)27/h3-11,19H,1-2H3,(H,28,31)(H,29,33). The van der Waals surface area contributed by atoms with Crippen LogP contribution in [0.2, 0.25) is 0 Å². The highest BCUT2D eigenvalue weighted by Gasteiger charge is 2.28. The summed E-state index contributed by atoms with van der Waals surface area (Å²) in [6, 6.07) is 9.43. The Morgan fingerprint density at radius 1 is 1.18 bits per heavy atom. The number of ether oxygens (including phenoxy) is 1. The maximum Gasteiger partial charge on any atom is 0.487 e. The Balaban J connectivity index is 1.74. The number of aromatic amines is 1. The summed E-state index contributed by atoms with van der Waals surface area (Å²) in [4.78, 5) is 17.1. The van der Waals surface area contributed by atoms with E-state index in [1.807, 2.05) is 0 Å². The number of anilines is 1. The van der Waals surface area contributed by atoms with E-state index in [4.69, 9.17) is 11.6 Å². The van der Waals surface area contributed by atoms with E-state index in [9.17, 15) is 22.4 Å². The number of nitrogens with one attached hydrogen (secondary N) is 2. The number of aromatic nitrogens is 4. The number of benzene rings is 2. The molecule has 0 bridgehead atoms. The summed E-state index contributed by atoms with van der Waals surface area (Å²) in [6.07, 6.45) is -1.31. The summed E-state index contributed by atoms with van der Waals surface area (Å²) < 4.78 is 58.7. The zero-order chi connectivity index (χ0) is 24.6. The Labute approximate surface area is 195 Å². The van der Waals surface area contributed by atoms with Gasteiger partial charge >= 0.3 is 5.57 Å². The van der Waals surface area contributed by atoms with E-state index in [-0.39, 0.29) is 22.9 Å². The Hall–Kier alpha value is -3.60. The predicted molar refractivity (Wildman–Crippen MR) is 118 cm³/mol. The molecule has 2 heterocycles. The van der Waals surface area contributed by atoms with Gasteiger partial charge in [-0.15, -0.1) is 8.78 Å². The van der Waals surface area contributed by atoms with E-state index in [1.165, 1.54) is 41.1 Å². The molecule has 1 amide bonds. The lowest BCUT2D eigenvalue weighted by Crippen LogP contribution is -2.16. The molecule has 0 unspecified atom stereocenters. The molecule has 2 aromatic heterocycles. The highest BCUT2D eigenvalue weighted by molar-refractivity contribution is 6.20. The number of hydrogen-bond acceptors (Lipinski definition) is 4. The van der Waals surface area contributed by atoms with Gasteiger partial charge in [-0.3, -0.25) is 9.89 Å². The molecule has 4 aromatic rings. The summed E-state index contributed by atoms with van der Waals surface area (Å²) >= 11 is 4.74. The van der Waals surface area contributed by atoms with E-state index >= 15 is 0 Å². The molecule has 0 aliphatic rings. The normalized spacial score (nSPS) is 12.0. The van der Waals surface area contributed by atoms with E-state index in [0.717, 1.165) is 0 Å². The molecule has 0 aliphatic carbocycles. The zero-order valence-electron chi connectivity index (χ0n) is 17.8. The minimum Gasteiger partial charge on any atom is -0.420 e. The Morgan fingerprint density at radius 3 is 2.44 bits per heavy atom. The van der Waals surface area contributed by atoms with Gasteiger partial charge in [0.05, 0.1) is 16.7 Å². The Morgan fingerprint density at radius 2 is 1.88 bits per heavy atom. The largest absolute Gasteiger partial charge is 0.487 e. The van der Waals surface area contributed by atoms with E-state index in [0.29, 0.717) is 22.5 Å². The smallest absolute Gasteiger partial charge is 0.420 e. The second-order valence-electron chi connectivity index (χ2n) is 7.62. The van der Waals surface area contributed by atoms with E-state index in [1.54, 1.807) is 26.0 Å². The number of nitrogens with zero attached hydrogens (tertiary/aromatic N) is 3. The average Bonchev–Trinajstić information content (AvgIpc) is 3.41. The number of alkyl halides is 5. The molecule has 0 saturated heterocycles. The summed E-state index contributed by atoms with van der Waals surface area (Å²) in [5.74, 6) is -1.16. The van der Waals surface area contributed by atoms with Crippen LogP contribution in [0.25, 0.3) is 22.3 Å². The number of hydrogen-bond donors (Lipinski definition) is 2. The van der Waals surface area contributed by atoms with Crippen LogP contribution in [0.4, 0.5) is 23.2 Å². The minimum atomic E-state index is -3.86. The number of rotatable bonds is 7. The van der Waals surface area contributed by atoms with Crippen LogP contribution in [0.15, 0.2) is 48.7 Å². The van der Waals surface area contributed by atoms with Crippen molar-refractivity contribution in [1.82, 2.24) is 19.7 Å². The first-order chi connectivity index (χ1) is 16.0. The van der Waals surface area contributed by atoms with Crippen LogP contribution in [-0.2, 0) is 0 Å². The fraction of sp³-hybridized carbons (Fsp3) is 0.227. The van der Waals surface area contributed by atoms with Crippen LogP contribution in [0.5, 0.6) is 5.75 Å². The van der Waals surface area contributed by atoms with Crippen molar-refractivity contribution in [3.05, 3.63) is 60.0 Å². The maximum absolute atomic E-state index is 13.7. The third kappa shape index (κ3) is 4.84. The lowest BCUT2D eigenvalue weighted by atomic mass is 10.0. The molecule has 34 heavy (non-hydrogen) atoms. The van der Waals surface area contributed by atoms with Gasteiger partial charge < -0.3 is 14.6 Å². The molecule has 0 radical (unpaired) electrons. The van der Waals surface area contributed by atoms with Gasteiger partial charge in [0.15, 0.2) is 5.82 Å². The van der Waals surface area contributed by atoms with Crippen LogP contribution in [0, 0.1) is 0 Å². The molecule has 2 aromatic carbocycles. The van der Waals surface area contributed by atoms with Crippen LogP contribution in [-0.4, -0.2) is 31.2 Å². The van der Waals surface area contributed by atoms with Gasteiger partial charge in [-0.05, 0) is 56.3 Å². The Bertz CT molecular complexity index is 1320. The molecule has 2 N–H and O–H groups in total. The van der Waals surface area contributed by atoms with Crippen molar-refractivity contribution >= 4 is 34.2 Å². The minimum absolute atomic E-state index is 0.152. The molecule has 0 spiro atoms. The summed E-state index contributed by atoms with van der Waals surface area (Å²) in [6.45, 7) is 3.52. The number of H-pyrrole nitrogens is 1. The first-order valence-corrected chi connectivity index (χ1v) is 10.4. The Kier molecular flexibility index (Phi) is 6.22. The van der Waals surface area contributed by atoms with Crippen LogP contribution >= 0.6 is 11.6 Å². The van der Waals surface area contributed by atoms with E-state index < -0.39 is 23.7 Å². The van der Waals surface area contributed by atoms with Gasteiger partial charge in [0.1, 0.15) is 5.75 Å². The highest BCUT2D eigenvalue weighted by atomic mass is 35.5. The van der Waals surface area contributed by atoms with Gasteiger partial charge in [-0.2, -0.15) is 5.10 Å². The molecule has 0 aliphatic heterocycles. The molecule has 0 atom stereocenters.